The summed E-state index contributed by atoms with van der Waals surface area (Å²) in [5.74, 6) is -0.493. The summed E-state index contributed by atoms with van der Waals surface area (Å²) in [6.45, 7) is 3.54. The molecule has 0 aliphatic carbocycles. The number of rotatable bonds is 11. The van der Waals surface area contributed by atoms with Gasteiger partial charge in [0.15, 0.2) is 12.3 Å². The highest BCUT2D eigenvalue weighted by molar-refractivity contribution is 6.35. The highest BCUT2D eigenvalue weighted by Crippen LogP contribution is 2.35. The van der Waals surface area contributed by atoms with Crippen LogP contribution in [0.15, 0.2) is 52.2 Å². The third kappa shape index (κ3) is 7.93. The van der Waals surface area contributed by atoms with Crippen LogP contribution in [-0.2, 0) is 37.0 Å². The second kappa shape index (κ2) is 14.2. The lowest BCUT2D eigenvalue weighted by Crippen LogP contribution is -2.42. The van der Waals surface area contributed by atoms with Gasteiger partial charge in [0.2, 0.25) is 0 Å². The van der Waals surface area contributed by atoms with Gasteiger partial charge in [-0.1, -0.05) is 65.5 Å². The molecule has 1 fully saturated rings. The number of aromatic nitrogens is 2. The van der Waals surface area contributed by atoms with Crippen LogP contribution >= 0.6 is 46.4 Å². The van der Waals surface area contributed by atoms with Gasteiger partial charge in [-0.3, -0.25) is 19.1 Å². The Morgan fingerprint density at radius 3 is 2.22 bits per heavy atom. The first-order chi connectivity index (χ1) is 19.6. The maximum absolute atomic E-state index is 12.8. The predicted molar refractivity (Wildman–Crippen MR) is 156 cm³/mol. The van der Waals surface area contributed by atoms with E-state index in [4.69, 9.17) is 65.4 Å². The molecule has 2 heterocycles. The number of nitrogens with zero attached hydrogens (tertiary/aromatic N) is 1. The summed E-state index contributed by atoms with van der Waals surface area (Å²) >= 11 is 24.7. The Hall–Kier alpha value is -2.37. The van der Waals surface area contributed by atoms with E-state index in [9.17, 15) is 14.4 Å². The van der Waals surface area contributed by atoms with Crippen LogP contribution in [0, 0.1) is 6.92 Å². The normalized spacial score (nSPS) is 20.3. The zero-order chi connectivity index (χ0) is 29.7. The maximum atomic E-state index is 12.8. The summed E-state index contributed by atoms with van der Waals surface area (Å²) in [5, 5.41) is 1.79. The van der Waals surface area contributed by atoms with Crippen LogP contribution in [0.5, 0.6) is 0 Å². The smallest absolute Gasteiger partial charge is 0.330 e. The number of carbonyl (C=O) groups excluding carboxylic acids is 1. The Morgan fingerprint density at radius 2 is 1.61 bits per heavy atom. The molecule has 0 spiro atoms. The van der Waals surface area contributed by atoms with Gasteiger partial charge in [-0.15, -0.1) is 0 Å². The van der Waals surface area contributed by atoms with Gasteiger partial charge < -0.3 is 18.9 Å². The summed E-state index contributed by atoms with van der Waals surface area (Å²) in [6.07, 6.45) is -1.80. The van der Waals surface area contributed by atoms with Crippen molar-refractivity contribution in [2.75, 3.05) is 6.61 Å². The minimum Gasteiger partial charge on any atom is -0.455 e. The molecule has 0 bridgehead atoms. The minimum absolute atomic E-state index is 0.00656. The third-order valence-corrected chi connectivity index (χ3v) is 7.60. The van der Waals surface area contributed by atoms with Gasteiger partial charge in [0, 0.05) is 38.3 Å². The predicted octanol–water partition coefficient (Wildman–Crippen LogP) is 5.87. The van der Waals surface area contributed by atoms with Crippen LogP contribution in [0.3, 0.4) is 0 Å². The Bertz CT molecular complexity index is 1510. The number of benzene rings is 2. The molecule has 1 aromatic heterocycles. The van der Waals surface area contributed by atoms with Crippen LogP contribution < -0.4 is 11.2 Å². The number of carbonyl (C=O) groups is 1. The molecule has 9 nitrogen and oxygen atoms in total. The van der Waals surface area contributed by atoms with Crippen molar-refractivity contribution in [3.63, 3.8) is 0 Å². The van der Waals surface area contributed by atoms with Gasteiger partial charge in [0.05, 0.1) is 19.8 Å². The van der Waals surface area contributed by atoms with E-state index in [0.717, 1.165) is 0 Å². The molecule has 4 atom stereocenters. The summed E-state index contributed by atoms with van der Waals surface area (Å²) in [6, 6.07) is 10.0. The monoisotopic (exact) mass is 644 g/mol. The molecule has 0 radical (unpaired) electrons. The van der Waals surface area contributed by atoms with E-state index in [1.54, 1.807) is 43.3 Å². The van der Waals surface area contributed by atoms with Crippen molar-refractivity contribution >= 4 is 52.4 Å². The number of nitrogens with one attached hydrogen (secondary N) is 1. The largest absolute Gasteiger partial charge is 0.455 e. The molecule has 0 amide bonds. The van der Waals surface area contributed by atoms with Crippen molar-refractivity contribution in [1.82, 2.24) is 9.55 Å². The molecule has 220 valence electrons. The highest BCUT2D eigenvalue weighted by Gasteiger charge is 2.49. The Kier molecular flexibility index (Phi) is 10.9. The van der Waals surface area contributed by atoms with E-state index < -0.39 is 41.8 Å². The number of aryl methyl sites for hydroxylation is 1. The van der Waals surface area contributed by atoms with Crippen molar-refractivity contribution in [1.29, 1.82) is 0 Å². The van der Waals surface area contributed by atoms with Crippen LogP contribution in [0.1, 0.15) is 42.7 Å². The van der Waals surface area contributed by atoms with E-state index >= 15 is 0 Å². The molecule has 3 aromatic rings. The zero-order valence-electron chi connectivity index (χ0n) is 22.2. The van der Waals surface area contributed by atoms with Crippen LogP contribution in [0.4, 0.5) is 0 Å². The number of hydrogen-bond donors (Lipinski definition) is 1. The number of aromatic amines is 1. The molecule has 0 saturated carbocycles. The van der Waals surface area contributed by atoms with Crippen LogP contribution in [0.2, 0.25) is 20.1 Å². The van der Waals surface area contributed by atoms with Crippen molar-refractivity contribution in [3.05, 3.63) is 100 Å². The molecular weight excluding hydrogens is 618 g/mol. The molecule has 2 aromatic carbocycles. The second-order valence-corrected chi connectivity index (χ2v) is 11.2. The molecule has 1 aliphatic heterocycles. The number of H-pyrrole nitrogens is 1. The number of halogens is 4. The van der Waals surface area contributed by atoms with Crippen LogP contribution in [0.25, 0.3) is 0 Å². The maximum Gasteiger partial charge on any atom is 0.330 e. The van der Waals surface area contributed by atoms with Crippen molar-refractivity contribution in [3.8, 4) is 0 Å². The average Bonchev–Trinajstić information content (AvgIpc) is 3.23. The highest BCUT2D eigenvalue weighted by atomic mass is 35.5. The fraction of sp³-hybridized carbons (Fsp3) is 0.393. The number of ether oxygens (including phenoxy) is 4. The molecule has 1 aliphatic rings. The number of hydrogen-bond acceptors (Lipinski definition) is 7. The Labute approximate surface area is 256 Å². The van der Waals surface area contributed by atoms with Gasteiger partial charge in [0.25, 0.3) is 5.56 Å². The molecule has 4 rings (SSSR count). The van der Waals surface area contributed by atoms with E-state index in [1.165, 1.54) is 10.8 Å². The van der Waals surface area contributed by atoms with Gasteiger partial charge in [-0.2, -0.15) is 0 Å². The molecule has 1 saturated heterocycles. The fourth-order valence-corrected chi connectivity index (χ4v) is 5.26. The standard InChI is InChI=1S/C28H28Cl4N2O7/c1-3-4-23(35)41-25-24(39-13-17-6-8-19(30)10-21(17)32)22(14-38-12-16-5-7-18(29)9-20(16)31)40-27(25)34-11-15(2)26(36)33-28(34)37/h5-11,22,24-25,27H,3-4,12-14H2,1-2H3,(H,33,36,37)/t22-,24-,25-,27-/m1/s1. The molecular formula is C28H28Cl4N2O7. The zero-order valence-corrected chi connectivity index (χ0v) is 25.2. The van der Waals surface area contributed by atoms with E-state index in [1.807, 2.05) is 6.92 Å². The third-order valence-electron chi connectivity index (χ3n) is 6.43. The fourth-order valence-electron chi connectivity index (χ4n) is 4.33. The molecule has 13 heteroatoms. The lowest BCUT2D eigenvalue weighted by Gasteiger charge is -2.25. The first-order valence-electron chi connectivity index (χ1n) is 12.8. The minimum atomic E-state index is -1.11. The van der Waals surface area contributed by atoms with Crippen LogP contribution in [-0.4, -0.2) is 40.4 Å². The quantitative estimate of drug-likeness (QED) is 0.260. The Morgan fingerprint density at radius 1 is 0.976 bits per heavy atom. The van der Waals surface area contributed by atoms with E-state index in [0.29, 0.717) is 37.6 Å². The topological polar surface area (TPSA) is 109 Å². The molecule has 1 N–H and O–H groups in total. The molecule has 41 heavy (non-hydrogen) atoms. The lowest BCUT2D eigenvalue weighted by molar-refractivity contribution is -0.161. The lowest BCUT2D eigenvalue weighted by atomic mass is 10.1. The van der Waals surface area contributed by atoms with Gasteiger partial charge in [0.1, 0.15) is 12.2 Å². The van der Waals surface area contributed by atoms with Crippen molar-refractivity contribution in [2.24, 2.45) is 0 Å². The Balaban J connectivity index is 1.65. The van der Waals surface area contributed by atoms with Crippen molar-refractivity contribution in [2.45, 2.75) is 64.4 Å². The second-order valence-electron chi connectivity index (χ2n) is 9.51. The number of esters is 1. The van der Waals surface area contributed by atoms with Crippen molar-refractivity contribution < 1.29 is 23.7 Å². The summed E-state index contributed by atoms with van der Waals surface area (Å²) in [7, 11) is 0. The summed E-state index contributed by atoms with van der Waals surface area (Å²) < 4.78 is 25.5. The summed E-state index contributed by atoms with van der Waals surface area (Å²) in [4.78, 5) is 39.8. The van der Waals surface area contributed by atoms with E-state index in [2.05, 4.69) is 4.98 Å². The first-order valence-corrected chi connectivity index (χ1v) is 14.3. The van der Waals surface area contributed by atoms with E-state index in [-0.39, 0.29) is 31.8 Å². The summed E-state index contributed by atoms with van der Waals surface area (Å²) in [5.41, 5.74) is 0.358. The van der Waals surface area contributed by atoms with Gasteiger partial charge in [-0.25, -0.2) is 4.79 Å². The van der Waals surface area contributed by atoms with Gasteiger partial charge >= 0.3 is 11.7 Å². The first kappa shape index (κ1) is 31.6. The molecule has 0 unspecified atom stereocenters. The van der Waals surface area contributed by atoms with Gasteiger partial charge in [-0.05, 0) is 48.7 Å². The average molecular weight is 646 g/mol. The SMILES string of the molecule is CCCC(=O)O[C@@H]1[C@H](OCc2ccc(Cl)cc2Cl)[C@@H](COCc2ccc(Cl)cc2Cl)O[C@H]1n1cc(C)c(=O)[nH]c1=O.